The summed E-state index contributed by atoms with van der Waals surface area (Å²) in [5, 5.41) is 4.94. The molecule has 2 N–H and O–H groups in total. The van der Waals surface area contributed by atoms with E-state index in [4.69, 9.17) is 9.47 Å². The highest BCUT2D eigenvalue weighted by Crippen LogP contribution is 2.36. The van der Waals surface area contributed by atoms with Crippen molar-refractivity contribution in [2.24, 2.45) is 0 Å². The first-order valence-electron chi connectivity index (χ1n) is 8.68. The number of fused-ring (bicyclic) bond motifs is 1. The van der Waals surface area contributed by atoms with Gasteiger partial charge in [-0.05, 0) is 31.9 Å². The minimum absolute atomic E-state index is 0.0317. The second-order valence-electron chi connectivity index (χ2n) is 6.31. The van der Waals surface area contributed by atoms with E-state index in [0.717, 1.165) is 30.0 Å². The Hall–Kier alpha value is -2.06. The van der Waals surface area contributed by atoms with Gasteiger partial charge >= 0.3 is 5.97 Å². The third-order valence-electron chi connectivity index (χ3n) is 4.26. The lowest BCUT2D eigenvalue weighted by Gasteiger charge is -2.23. The van der Waals surface area contributed by atoms with Crippen molar-refractivity contribution in [2.45, 2.75) is 48.5 Å². The molecule has 7 nitrogen and oxygen atoms in total. The molecule has 2 heterocycles. The molecule has 2 aliphatic rings. The molecule has 8 heteroatoms. The molecule has 2 aliphatic heterocycles. The fourth-order valence-electron chi connectivity index (χ4n) is 2.84. The number of para-hydroxylation sites is 1. The van der Waals surface area contributed by atoms with Crippen LogP contribution in [0.15, 0.2) is 29.2 Å². The quantitative estimate of drug-likeness (QED) is 0.732. The zero-order valence-corrected chi connectivity index (χ0v) is 15.3. The van der Waals surface area contributed by atoms with E-state index in [1.165, 1.54) is 18.7 Å². The number of carbonyl (C=O) groups is 3. The van der Waals surface area contributed by atoms with Crippen LogP contribution in [0.4, 0.5) is 5.69 Å². The molecule has 1 aromatic carbocycles. The molecule has 26 heavy (non-hydrogen) atoms. The number of amides is 2. The average molecular weight is 378 g/mol. The molecular weight excluding hydrogens is 356 g/mol. The first-order chi connectivity index (χ1) is 12.5. The largest absolute Gasteiger partial charge is 0.453 e. The summed E-state index contributed by atoms with van der Waals surface area (Å²) in [5.41, 5.74) is 0.744. The molecule has 0 spiro atoms. The number of anilines is 1. The number of hydrogen-bond donors (Lipinski definition) is 2. The van der Waals surface area contributed by atoms with Crippen molar-refractivity contribution in [2.75, 3.05) is 18.5 Å². The molecule has 3 rings (SSSR count). The van der Waals surface area contributed by atoms with Crippen molar-refractivity contribution < 1.29 is 23.9 Å². The molecule has 0 aliphatic carbocycles. The van der Waals surface area contributed by atoms with Crippen LogP contribution in [0.25, 0.3) is 0 Å². The van der Waals surface area contributed by atoms with E-state index in [1.807, 2.05) is 24.3 Å². The number of hydrogen-bond acceptors (Lipinski definition) is 6. The van der Waals surface area contributed by atoms with E-state index in [9.17, 15) is 14.4 Å². The summed E-state index contributed by atoms with van der Waals surface area (Å²) in [4.78, 5) is 37.2. The predicted molar refractivity (Wildman–Crippen MR) is 96.9 cm³/mol. The first-order valence-corrected chi connectivity index (χ1v) is 9.56. The van der Waals surface area contributed by atoms with Crippen LogP contribution >= 0.6 is 11.8 Å². The van der Waals surface area contributed by atoms with Crippen molar-refractivity contribution in [3.05, 3.63) is 24.3 Å². The molecule has 1 saturated heterocycles. The molecule has 0 aromatic heterocycles. The topological polar surface area (TPSA) is 93.7 Å². The van der Waals surface area contributed by atoms with E-state index < -0.39 is 17.3 Å². The normalized spacial score (nSPS) is 22.9. The van der Waals surface area contributed by atoms with E-state index in [2.05, 4.69) is 10.6 Å². The Bertz CT molecular complexity index is 690. The van der Waals surface area contributed by atoms with Crippen LogP contribution in [0.3, 0.4) is 0 Å². The maximum absolute atomic E-state index is 12.1. The standard InChI is InChI=1S/C18H22N2O5S/c1-11(17(22)19-10-12-5-4-8-24-12)25-16(21)9-15-18(23)20-13-6-2-3-7-14(13)26-15/h2-3,6-7,11-12,15H,4-5,8-10H2,1H3,(H,19,22)(H,20,23)/t11-,12-,15+/m0/s1. The van der Waals surface area contributed by atoms with Gasteiger partial charge in [-0.1, -0.05) is 12.1 Å². The molecule has 0 saturated carbocycles. The Morgan fingerprint density at radius 2 is 2.23 bits per heavy atom. The number of carbonyl (C=O) groups excluding carboxylic acids is 3. The van der Waals surface area contributed by atoms with Gasteiger partial charge in [-0.2, -0.15) is 0 Å². The number of ether oxygens (including phenoxy) is 2. The summed E-state index contributed by atoms with van der Waals surface area (Å²) in [7, 11) is 0. The molecular formula is C18H22N2O5S. The monoisotopic (exact) mass is 378 g/mol. The Balaban J connectivity index is 1.45. The van der Waals surface area contributed by atoms with Crippen LogP contribution in [0, 0.1) is 0 Å². The smallest absolute Gasteiger partial charge is 0.308 e. The van der Waals surface area contributed by atoms with Crippen molar-refractivity contribution in [1.29, 1.82) is 0 Å². The van der Waals surface area contributed by atoms with Gasteiger partial charge in [-0.25, -0.2) is 0 Å². The molecule has 0 bridgehead atoms. The SMILES string of the molecule is C[C@H](OC(=O)C[C@H]1Sc2ccccc2NC1=O)C(=O)NC[C@@H]1CCCO1. The summed E-state index contributed by atoms with van der Waals surface area (Å²) in [6.45, 7) is 2.65. The third kappa shape index (κ3) is 4.76. The van der Waals surface area contributed by atoms with Gasteiger partial charge in [0.2, 0.25) is 5.91 Å². The third-order valence-corrected chi connectivity index (χ3v) is 5.54. The molecule has 2 amide bonds. The second-order valence-corrected chi connectivity index (χ2v) is 7.55. The second kappa shape index (κ2) is 8.55. The van der Waals surface area contributed by atoms with Crippen molar-refractivity contribution in [3.8, 4) is 0 Å². The summed E-state index contributed by atoms with van der Waals surface area (Å²) < 4.78 is 10.6. The summed E-state index contributed by atoms with van der Waals surface area (Å²) in [6, 6.07) is 7.42. The van der Waals surface area contributed by atoms with E-state index >= 15 is 0 Å². The van der Waals surface area contributed by atoms with Crippen LogP contribution < -0.4 is 10.6 Å². The van der Waals surface area contributed by atoms with Crippen molar-refractivity contribution in [1.82, 2.24) is 5.32 Å². The van der Waals surface area contributed by atoms with Gasteiger partial charge in [0.05, 0.1) is 23.5 Å². The molecule has 3 atom stereocenters. The lowest BCUT2D eigenvalue weighted by Crippen LogP contribution is -2.40. The Kier molecular flexibility index (Phi) is 6.16. The Morgan fingerprint density at radius 1 is 1.42 bits per heavy atom. The molecule has 0 unspecified atom stereocenters. The zero-order chi connectivity index (χ0) is 18.5. The van der Waals surface area contributed by atoms with E-state index in [1.54, 1.807) is 0 Å². The van der Waals surface area contributed by atoms with E-state index in [-0.39, 0.29) is 24.3 Å². The number of rotatable bonds is 6. The van der Waals surface area contributed by atoms with Crippen LogP contribution in [-0.4, -0.2) is 48.4 Å². The first kappa shape index (κ1) is 18.7. The number of benzene rings is 1. The highest BCUT2D eigenvalue weighted by molar-refractivity contribution is 8.01. The van der Waals surface area contributed by atoms with Crippen molar-refractivity contribution >= 4 is 35.2 Å². The summed E-state index contributed by atoms with van der Waals surface area (Å²) >= 11 is 1.33. The van der Waals surface area contributed by atoms with Gasteiger partial charge in [-0.3, -0.25) is 14.4 Å². The number of thioether (sulfide) groups is 1. The van der Waals surface area contributed by atoms with Crippen LogP contribution in [0.5, 0.6) is 0 Å². The predicted octanol–water partition coefficient (Wildman–Crippen LogP) is 1.72. The Labute approximate surface area is 156 Å². The summed E-state index contributed by atoms with van der Waals surface area (Å²) in [6.07, 6.45) is 0.949. The van der Waals surface area contributed by atoms with Gasteiger partial charge < -0.3 is 20.1 Å². The van der Waals surface area contributed by atoms with Gasteiger partial charge in [0.15, 0.2) is 6.10 Å². The van der Waals surface area contributed by atoms with Crippen LogP contribution in [0.1, 0.15) is 26.2 Å². The van der Waals surface area contributed by atoms with Crippen LogP contribution in [-0.2, 0) is 23.9 Å². The van der Waals surface area contributed by atoms with Crippen molar-refractivity contribution in [3.63, 3.8) is 0 Å². The molecule has 140 valence electrons. The fourth-order valence-corrected chi connectivity index (χ4v) is 3.94. The van der Waals surface area contributed by atoms with Gasteiger partial charge in [0.1, 0.15) is 0 Å². The molecule has 1 fully saturated rings. The number of esters is 1. The Morgan fingerprint density at radius 3 is 3.00 bits per heavy atom. The fraction of sp³-hybridized carbons (Fsp3) is 0.500. The highest BCUT2D eigenvalue weighted by atomic mass is 32.2. The maximum Gasteiger partial charge on any atom is 0.308 e. The number of nitrogens with one attached hydrogen (secondary N) is 2. The lowest BCUT2D eigenvalue weighted by atomic mass is 10.2. The maximum atomic E-state index is 12.1. The minimum Gasteiger partial charge on any atom is -0.453 e. The van der Waals surface area contributed by atoms with Crippen LogP contribution in [0.2, 0.25) is 0 Å². The minimum atomic E-state index is -0.909. The average Bonchev–Trinajstić information content (AvgIpc) is 3.13. The molecule has 0 radical (unpaired) electrons. The van der Waals surface area contributed by atoms with Gasteiger partial charge in [-0.15, -0.1) is 11.8 Å². The van der Waals surface area contributed by atoms with E-state index in [0.29, 0.717) is 6.54 Å². The van der Waals surface area contributed by atoms with Gasteiger partial charge in [0.25, 0.3) is 5.91 Å². The van der Waals surface area contributed by atoms with Gasteiger partial charge in [0, 0.05) is 18.0 Å². The highest BCUT2D eigenvalue weighted by Gasteiger charge is 2.30. The lowest BCUT2D eigenvalue weighted by molar-refractivity contribution is -0.155. The molecule has 1 aromatic rings. The zero-order valence-electron chi connectivity index (χ0n) is 14.5. The summed E-state index contributed by atoms with van der Waals surface area (Å²) in [5.74, 6) is -1.17.